The highest BCUT2D eigenvalue weighted by Crippen LogP contribution is 2.34. The maximum absolute atomic E-state index is 10.7. The second kappa shape index (κ2) is 7.22. The van der Waals surface area contributed by atoms with E-state index in [0.717, 1.165) is 5.56 Å². The molecule has 0 bridgehead atoms. The zero-order valence-electron chi connectivity index (χ0n) is 14.0. The maximum atomic E-state index is 10.7. The molecule has 0 amide bonds. The molecule has 2 heterocycles. The van der Waals surface area contributed by atoms with Crippen LogP contribution >= 0.6 is 0 Å². The third kappa shape index (κ3) is 3.40. The van der Waals surface area contributed by atoms with Gasteiger partial charge in [-0.15, -0.1) is 0 Å². The molecule has 2 aromatic rings. The lowest BCUT2D eigenvalue weighted by atomic mass is 9.97. The van der Waals surface area contributed by atoms with Crippen LogP contribution in [0.5, 0.6) is 5.75 Å². The Morgan fingerprint density at radius 2 is 1.69 bits per heavy atom. The second-order valence-corrected chi connectivity index (χ2v) is 6.38. The van der Waals surface area contributed by atoms with Crippen LogP contribution in [0.25, 0.3) is 0 Å². The minimum atomic E-state index is -1.30. The molecule has 2 fully saturated rings. The lowest BCUT2D eigenvalue weighted by Gasteiger charge is -2.46. The second-order valence-electron chi connectivity index (χ2n) is 6.38. The summed E-state index contributed by atoms with van der Waals surface area (Å²) in [5.41, 5.74) is 7.10. The molecule has 0 aliphatic carbocycles. The summed E-state index contributed by atoms with van der Waals surface area (Å²) >= 11 is 0. The third-order valence-electron chi connectivity index (χ3n) is 4.55. The summed E-state index contributed by atoms with van der Waals surface area (Å²) in [7, 11) is 0. The average Bonchev–Trinajstić information content (AvgIpc) is 2.67. The van der Waals surface area contributed by atoms with E-state index in [9.17, 15) is 10.2 Å². The molecule has 6 atom stereocenters. The standard InChI is InChI=1S/C19H21NO6/c20-12-6-8-13(9-7-12)24-17-15(21)16-14(25-18(17)22)10-23-19(26-16)11-4-2-1-3-5-11/h1-9,14-19,21-22H,10,20H2/t14-,15+,16+,17-,18-,19?/m1/s1. The van der Waals surface area contributed by atoms with Crippen molar-refractivity contribution in [2.75, 3.05) is 12.3 Å². The Hall–Kier alpha value is -2.16. The number of fused-ring (bicyclic) bond motifs is 1. The van der Waals surface area contributed by atoms with Crippen LogP contribution in [0.4, 0.5) is 5.69 Å². The lowest BCUT2D eigenvalue weighted by Crippen LogP contribution is -2.63. The largest absolute Gasteiger partial charge is 0.482 e. The predicted molar refractivity (Wildman–Crippen MR) is 92.2 cm³/mol. The number of ether oxygens (including phenoxy) is 4. The van der Waals surface area contributed by atoms with Gasteiger partial charge in [-0.25, -0.2) is 0 Å². The van der Waals surface area contributed by atoms with Crippen molar-refractivity contribution in [3.63, 3.8) is 0 Å². The highest BCUT2D eigenvalue weighted by atomic mass is 16.7. The molecule has 4 rings (SSSR count). The van der Waals surface area contributed by atoms with Gasteiger partial charge in [-0.1, -0.05) is 30.3 Å². The van der Waals surface area contributed by atoms with E-state index < -0.39 is 37.0 Å². The summed E-state index contributed by atoms with van der Waals surface area (Å²) in [6.45, 7) is 0.201. The molecule has 7 heteroatoms. The number of hydrogen-bond acceptors (Lipinski definition) is 7. The molecule has 2 saturated heterocycles. The number of aliphatic hydroxyl groups is 2. The van der Waals surface area contributed by atoms with E-state index in [-0.39, 0.29) is 6.61 Å². The van der Waals surface area contributed by atoms with Crippen LogP contribution in [0.1, 0.15) is 11.9 Å². The third-order valence-corrected chi connectivity index (χ3v) is 4.55. The summed E-state index contributed by atoms with van der Waals surface area (Å²) in [6.07, 6.45) is -5.25. The first-order chi connectivity index (χ1) is 12.6. The minimum absolute atomic E-state index is 0.201. The van der Waals surface area contributed by atoms with Crippen LogP contribution in [0, 0.1) is 0 Å². The van der Waals surface area contributed by atoms with Crippen molar-refractivity contribution in [3.05, 3.63) is 60.2 Å². The highest BCUT2D eigenvalue weighted by molar-refractivity contribution is 5.41. The van der Waals surface area contributed by atoms with Gasteiger partial charge in [0.05, 0.1) is 6.61 Å². The summed E-state index contributed by atoms with van der Waals surface area (Å²) < 4.78 is 22.9. The van der Waals surface area contributed by atoms with Crippen LogP contribution in [0.3, 0.4) is 0 Å². The van der Waals surface area contributed by atoms with Gasteiger partial charge in [0.2, 0.25) is 0 Å². The summed E-state index contributed by atoms with van der Waals surface area (Å²) in [4.78, 5) is 0. The molecule has 0 saturated carbocycles. The Labute approximate surface area is 150 Å². The van der Waals surface area contributed by atoms with Crippen molar-refractivity contribution in [2.45, 2.75) is 37.0 Å². The first-order valence-corrected chi connectivity index (χ1v) is 8.47. The van der Waals surface area contributed by atoms with Crippen molar-refractivity contribution >= 4 is 5.69 Å². The first kappa shape index (κ1) is 17.3. The molecule has 0 radical (unpaired) electrons. The Kier molecular flexibility index (Phi) is 4.80. The van der Waals surface area contributed by atoms with E-state index in [1.54, 1.807) is 24.3 Å². The van der Waals surface area contributed by atoms with Crippen LogP contribution in [-0.2, 0) is 14.2 Å². The molecule has 0 aromatic heterocycles. The van der Waals surface area contributed by atoms with Gasteiger partial charge in [0.25, 0.3) is 0 Å². The van der Waals surface area contributed by atoms with Crippen molar-refractivity contribution in [1.29, 1.82) is 0 Å². The van der Waals surface area contributed by atoms with Crippen molar-refractivity contribution in [3.8, 4) is 5.75 Å². The Morgan fingerprint density at radius 3 is 2.42 bits per heavy atom. The van der Waals surface area contributed by atoms with E-state index >= 15 is 0 Å². The number of aliphatic hydroxyl groups excluding tert-OH is 2. The molecule has 26 heavy (non-hydrogen) atoms. The van der Waals surface area contributed by atoms with Gasteiger partial charge in [-0.3, -0.25) is 0 Å². The molecule has 2 aliphatic heterocycles. The highest BCUT2D eigenvalue weighted by Gasteiger charge is 2.50. The van der Waals surface area contributed by atoms with E-state index in [0.29, 0.717) is 11.4 Å². The molecule has 2 aromatic carbocycles. The van der Waals surface area contributed by atoms with Crippen LogP contribution in [0.2, 0.25) is 0 Å². The fourth-order valence-corrected chi connectivity index (χ4v) is 3.19. The van der Waals surface area contributed by atoms with Crippen LogP contribution in [-0.4, -0.2) is 47.5 Å². The Balaban J connectivity index is 1.49. The number of hydrogen-bond donors (Lipinski definition) is 3. The van der Waals surface area contributed by atoms with Gasteiger partial charge in [0.15, 0.2) is 18.7 Å². The predicted octanol–water partition coefficient (Wildman–Crippen LogP) is 1.21. The monoisotopic (exact) mass is 359 g/mol. The van der Waals surface area contributed by atoms with Gasteiger partial charge < -0.3 is 34.9 Å². The summed E-state index contributed by atoms with van der Waals surface area (Å²) in [5.74, 6) is 0.469. The number of anilines is 1. The maximum Gasteiger partial charge on any atom is 0.195 e. The number of nitrogens with two attached hydrogens (primary N) is 1. The van der Waals surface area contributed by atoms with Gasteiger partial charge in [-0.05, 0) is 24.3 Å². The molecular formula is C19H21NO6. The molecule has 1 unspecified atom stereocenters. The molecular weight excluding hydrogens is 338 g/mol. The Bertz CT molecular complexity index is 725. The van der Waals surface area contributed by atoms with Gasteiger partial charge in [-0.2, -0.15) is 0 Å². The normalized spacial score (nSPS) is 34.1. The number of benzene rings is 2. The Morgan fingerprint density at radius 1 is 0.962 bits per heavy atom. The van der Waals surface area contributed by atoms with E-state index in [2.05, 4.69) is 0 Å². The quantitative estimate of drug-likeness (QED) is 0.708. The zero-order valence-corrected chi connectivity index (χ0v) is 14.0. The van der Waals surface area contributed by atoms with Crippen molar-refractivity contribution < 1.29 is 29.2 Å². The molecule has 0 spiro atoms. The van der Waals surface area contributed by atoms with E-state index in [1.807, 2.05) is 30.3 Å². The van der Waals surface area contributed by atoms with E-state index in [1.165, 1.54) is 0 Å². The fourth-order valence-electron chi connectivity index (χ4n) is 3.19. The zero-order chi connectivity index (χ0) is 18.1. The molecule has 138 valence electrons. The SMILES string of the molecule is Nc1ccc(O[C@@H]2[C@@H](O)[C@H]3OC(c4ccccc4)OC[C@H]3O[C@H]2O)cc1. The molecule has 7 nitrogen and oxygen atoms in total. The van der Waals surface area contributed by atoms with Gasteiger partial charge >= 0.3 is 0 Å². The summed E-state index contributed by atoms with van der Waals surface area (Å²) in [6, 6.07) is 16.1. The summed E-state index contributed by atoms with van der Waals surface area (Å²) in [5, 5.41) is 21.0. The van der Waals surface area contributed by atoms with Crippen molar-refractivity contribution in [2.24, 2.45) is 0 Å². The smallest absolute Gasteiger partial charge is 0.195 e. The lowest BCUT2D eigenvalue weighted by molar-refractivity contribution is -0.351. The van der Waals surface area contributed by atoms with Crippen molar-refractivity contribution in [1.82, 2.24) is 0 Å². The number of nitrogen functional groups attached to an aromatic ring is 1. The van der Waals surface area contributed by atoms with Crippen LogP contribution < -0.4 is 10.5 Å². The number of rotatable bonds is 3. The minimum Gasteiger partial charge on any atom is -0.482 e. The fraction of sp³-hybridized carbons (Fsp3) is 0.368. The first-order valence-electron chi connectivity index (χ1n) is 8.47. The molecule has 4 N–H and O–H groups in total. The van der Waals surface area contributed by atoms with Gasteiger partial charge in [0, 0.05) is 11.3 Å². The van der Waals surface area contributed by atoms with Crippen LogP contribution in [0.15, 0.2) is 54.6 Å². The topological polar surface area (TPSA) is 103 Å². The van der Waals surface area contributed by atoms with E-state index in [4.69, 9.17) is 24.7 Å². The van der Waals surface area contributed by atoms with Gasteiger partial charge in [0.1, 0.15) is 24.1 Å². The average molecular weight is 359 g/mol. The molecule has 2 aliphatic rings.